The van der Waals surface area contributed by atoms with E-state index in [0.717, 1.165) is 10.8 Å². The molecule has 0 N–H and O–H groups in total. The van der Waals surface area contributed by atoms with E-state index in [1.165, 1.54) is 0 Å². The van der Waals surface area contributed by atoms with E-state index in [4.69, 9.17) is 4.74 Å². The predicted octanol–water partition coefficient (Wildman–Crippen LogP) is 3.87. The largest absolute Gasteiger partial charge is 0.370 e. The van der Waals surface area contributed by atoms with E-state index in [-0.39, 0.29) is 11.2 Å². The van der Waals surface area contributed by atoms with E-state index in [0.29, 0.717) is 12.2 Å². The molecular formula is C17H21NO2. The molecule has 0 saturated carbocycles. The first-order valence-electron chi connectivity index (χ1n) is 6.93. The van der Waals surface area contributed by atoms with Crippen LogP contribution in [0.25, 0.3) is 10.8 Å². The Bertz CT molecular complexity index is 608. The Morgan fingerprint density at radius 3 is 2.70 bits per heavy atom. The number of pyridine rings is 1. The van der Waals surface area contributed by atoms with Crippen LogP contribution in [-0.4, -0.2) is 23.5 Å². The van der Waals surface area contributed by atoms with Crippen LogP contribution in [0, 0.1) is 5.41 Å². The molecule has 0 aliphatic carbocycles. The highest BCUT2D eigenvalue weighted by Gasteiger charge is 2.33. The maximum atomic E-state index is 12.8. The lowest BCUT2D eigenvalue weighted by molar-refractivity contribution is -0.0000993. The summed E-state index contributed by atoms with van der Waals surface area (Å²) in [6, 6.07) is 7.66. The monoisotopic (exact) mass is 271 g/mol. The molecule has 20 heavy (non-hydrogen) atoms. The Morgan fingerprint density at radius 1 is 1.30 bits per heavy atom. The van der Waals surface area contributed by atoms with Crippen molar-refractivity contribution in [3.05, 3.63) is 42.2 Å². The Hall–Kier alpha value is -1.74. The lowest BCUT2D eigenvalue weighted by Gasteiger charge is -2.29. The fourth-order valence-corrected chi connectivity index (χ4v) is 2.36. The summed E-state index contributed by atoms with van der Waals surface area (Å²) in [6.07, 6.45) is 3.03. The average molecular weight is 271 g/mol. The number of ether oxygens (including phenoxy) is 1. The molecule has 0 spiro atoms. The van der Waals surface area contributed by atoms with E-state index < -0.39 is 6.10 Å². The van der Waals surface area contributed by atoms with Crippen molar-refractivity contribution in [1.82, 2.24) is 4.98 Å². The quantitative estimate of drug-likeness (QED) is 0.792. The number of rotatable bonds is 4. The minimum atomic E-state index is -0.446. The summed E-state index contributed by atoms with van der Waals surface area (Å²) in [5.41, 5.74) is 0.446. The zero-order chi connectivity index (χ0) is 14.8. The van der Waals surface area contributed by atoms with Crippen molar-refractivity contribution in [2.24, 2.45) is 5.41 Å². The van der Waals surface area contributed by atoms with Crippen molar-refractivity contribution in [3.63, 3.8) is 0 Å². The van der Waals surface area contributed by atoms with Gasteiger partial charge in [0.25, 0.3) is 0 Å². The first-order chi connectivity index (χ1) is 9.45. The number of Topliss-reactive ketones (excluding diaryl/α,β-unsaturated/α-hetero) is 1. The number of aromatic nitrogens is 1. The van der Waals surface area contributed by atoms with Crippen LogP contribution in [-0.2, 0) is 4.74 Å². The van der Waals surface area contributed by atoms with Crippen LogP contribution in [0.3, 0.4) is 0 Å². The van der Waals surface area contributed by atoms with E-state index in [1.807, 2.05) is 52.0 Å². The number of nitrogens with zero attached hydrogens (tertiary/aromatic N) is 1. The number of hydrogen-bond acceptors (Lipinski definition) is 3. The average Bonchev–Trinajstić information content (AvgIpc) is 2.42. The third kappa shape index (κ3) is 2.88. The lowest BCUT2D eigenvalue weighted by atomic mass is 9.83. The second-order valence-electron chi connectivity index (χ2n) is 5.97. The highest BCUT2D eigenvalue weighted by atomic mass is 16.5. The number of carbonyl (C=O) groups excluding carboxylic acids is 1. The molecule has 0 amide bonds. The van der Waals surface area contributed by atoms with Crippen molar-refractivity contribution in [3.8, 4) is 0 Å². The molecule has 1 aromatic heterocycles. The SMILES string of the molecule is CCOC(C(=O)c1cccc2ccncc12)C(C)(C)C. The summed E-state index contributed by atoms with van der Waals surface area (Å²) in [5, 5.41) is 1.91. The zero-order valence-electron chi connectivity index (χ0n) is 12.5. The van der Waals surface area contributed by atoms with Gasteiger partial charge in [-0.25, -0.2) is 0 Å². The van der Waals surface area contributed by atoms with Gasteiger partial charge in [-0.15, -0.1) is 0 Å². The summed E-state index contributed by atoms with van der Waals surface area (Å²) in [6.45, 7) is 8.51. The zero-order valence-corrected chi connectivity index (χ0v) is 12.5. The van der Waals surface area contributed by atoms with E-state index in [1.54, 1.807) is 12.4 Å². The number of fused-ring (bicyclic) bond motifs is 1. The van der Waals surface area contributed by atoms with Crippen molar-refractivity contribution >= 4 is 16.6 Å². The molecule has 1 heterocycles. The minimum Gasteiger partial charge on any atom is -0.370 e. The van der Waals surface area contributed by atoms with Crippen LogP contribution in [0.15, 0.2) is 36.7 Å². The molecule has 0 aliphatic rings. The van der Waals surface area contributed by atoms with Gasteiger partial charge in [0.05, 0.1) is 0 Å². The molecule has 106 valence electrons. The minimum absolute atomic E-state index is 0.0259. The first kappa shape index (κ1) is 14.7. The van der Waals surface area contributed by atoms with Gasteiger partial charge in [0.2, 0.25) is 0 Å². The second kappa shape index (κ2) is 5.71. The number of benzene rings is 1. The summed E-state index contributed by atoms with van der Waals surface area (Å²) in [5.74, 6) is 0.0259. The predicted molar refractivity (Wildman–Crippen MR) is 80.9 cm³/mol. The molecule has 0 fully saturated rings. The van der Waals surface area contributed by atoms with Gasteiger partial charge in [0.1, 0.15) is 6.10 Å². The summed E-state index contributed by atoms with van der Waals surface area (Å²) < 4.78 is 5.70. The van der Waals surface area contributed by atoms with Crippen LogP contribution in [0.1, 0.15) is 38.1 Å². The van der Waals surface area contributed by atoms with Crippen LogP contribution in [0.2, 0.25) is 0 Å². The molecule has 2 aromatic rings. The number of ketones is 1. The molecule has 0 radical (unpaired) electrons. The Balaban J connectivity index is 2.49. The molecule has 1 unspecified atom stereocenters. The van der Waals surface area contributed by atoms with E-state index in [9.17, 15) is 4.79 Å². The fraction of sp³-hybridized carbons (Fsp3) is 0.412. The lowest BCUT2D eigenvalue weighted by Crippen LogP contribution is -2.37. The van der Waals surface area contributed by atoms with Crippen LogP contribution >= 0.6 is 0 Å². The summed E-state index contributed by atoms with van der Waals surface area (Å²) in [4.78, 5) is 17.0. The molecule has 0 bridgehead atoms. The van der Waals surface area contributed by atoms with Gasteiger partial charge in [-0.3, -0.25) is 9.78 Å². The molecular weight excluding hydrogens is 250 g/mol. The molecule has 3 heteroatoms. The third-order valence-electron chi connectivity index (χ3n) is 3.31. The van der Waals surface area contributed by atoms with Crippen molar-refractivity contribution in [2.45, 2.75) is 33.8 Å². The van der Waals surface area contributed by atoms with Crippen molar-refractivity contribution < 1.29 is 9.53 Å². The summed E-state index contributed by atoms with van der Waals surface area (Å²) >= 11 is 0. The van der Waals surface area contributed by atoms with E-state index >= 15 is 0 Å². The first-order valence-corrected chi connectivity index (χ1v) is 6.93. The molecule has 0 aliphatic heterocycles. The third-order valence-corrected chi connectivity index (χ3v) is 3.31. The molecule has 3 nitrogen and oxygen atoms in total. The number of hydrogen-bond donors (Lipinski definition) is 0. The normalized spacial score (nSPS) is 13.4. The highest BCUT2D eigenvalue weighted by molar-refractivity contribution is 6.10. The van der Waals surface area contributed by atoms with Gasteiger partial charge >= 0.3 is 0 Å². The molecule has 1 atom stereocenters. The van der Waals surface area contributed by atoms with Crippen molar-refractivity contribution in [1.29, 1.82) is 0 Å². The van der Waals surface area contributed by atoms with Crippen LogP contribution in [0.4, 0.5) is 0 Å². The highest BCUT2D eigenvalue weighted by Crippen LogP contribution is 2.28. The summed E-state index contributed by atoms with van der Waals surface area (Å²) in [7, 11) is 0. The van der Waals surface area contributed by atoms with Gasteiger partial charge in [-0.2, -0.15) is 0 Å². The van der Waals surface area contributed by atoms with Gasteiger partial charge < -0.3 is 4.74 Å². The Labute approximate surface area is 120 Å². The van der Waals surface area contributed by atoms with Crippen LogP contribution < -0.4 is 0 Å². The molecule has 0 saturated heterocycles. The topological polar surface area (TPSA) is 39.2 Å². The van der Waals surface area contributed by atoms with E-state index in [2.05, 4.69) is 4.98 Å². The Kier molecular flexibility index (Phi) is 4.19. The van der Waals surface area contributed by atoms with Gasteiger partial charge in [-0.05, 0) is 23.8 Å². The fourth-order valence-electron chi connectivity index (χ4n) is 2.36. The van der Waals surface area contributed by atoms with Crippen LogP contribution in [0.5, 0.6) is 0 Å². The molecule has 2 rings (SSSR count). The van der Waals surface area contributed by atoms with Gasteiger partial charge in [0.15, 0.2) is 5.78 Å². The van der Waals surface area contributed by atoms with Gasteiger partial charge in [-0.1, -0.05) is 39.0 Å². The van der Waals surface area contributed by atoms with Crippen molar-refractivity contribution in [2.75, 3.05) is 6.61 Å². The number of carbonyl (C=O) groups is 1. The maximum Gasteiger partial charge on any atom is 0.192 e. The maximum absolute atomic E-state index is 12.8. The smallest absolute Gasteiger partial charge is 0.192 e. The standard InChI is InChI=1S/C17H21NO2/c1-5-20-16(17(2,3)4)15(19)13-8-6-7-12-9-10-18-11-14(12)13/h6-11,16H,5H2,1-4H3. The second-order valence-corrected chi connectivity index (χ2v) is 5.97. The van der Waals surface area contributed by atoms with Gasteiger partial charge in [0, 0.05) is 30.0 Å². The Morgan fingerprint density at radius 2 is 2.05 bits per heavy atom. The molecule has 1 aromatic carbocycles.